The van der Waals surface area contributed by atoms with Gasteiger partial charge in [-0.3, -0.25) is 4.79 Å². The minimum Gasteiger partial charge on any atom is -0.346 e. The van der Waals surface area contributed by atoms with Crippen LogP contribution in [0.2, 0.25) is 0 Å². The molecule has 0 bridgehead atoms. The molecule has 1 amide bonds. The molecule has 19 heavy (non-hydrogen) atoms. The molecule has 0 spiro atoms. The fourth-order valence-electron chi connectivity index (χ4n) is 1.19. The number of rotatable bonds is 4. The van der Waals surface area contributed by atoms with Crippen molar-refractivity contribution >= 4 is 5.91 Å². The first-order chi connectivity index (χ1) is 8.67. The van der Waals surface area contributed by atoms with Crippen LogP contribution in [0.4, 0.5) is 22.0 Å². The Bertz CT molecular complexity index is 441. The molecule has 0 aliphatic rings. The van der Waals surface area contributed by atoms with Crippen molar-refractivity contribution in [1.29, 1.82) is 0 Å². The summed E-state index contributed by atoms with van der Waals surface area (Å²) in [6.45, 7) is -1.57. The molecule has 0 saturated carbocycles. The van der Waals surface area contributed by atoms with Crippen molar-refractivity contribution in [2.24, 2.45) is 5.73 Å². The highest BCUT2D eigenvalue weighted by atomic mass is 19.4. The van der Waals surface area contributed by atoms with Gasteiger partial charge in [-0.05, 0) is 17.7 Å². The van der Waals surface area contributed by atoms with Crippen LogP contribution in [0, 0.1) is 0 Å². The van der Waals surface area contributed by atoms with Gasteiger partial charge in [0, 0.05) is 12.1 Å². The molecular formula is C11H11F5N2O. The maximum Gasteiger partial charge on any atom is 0.455 e. The molecule has 0 radical (unpaired) electrons. The summed E-state index contributed by atoms with van der Waals surface area (Å²) in [7, 11) is 0. The van der Waals surface area contributed by atoms with Gasteiger partial charge in [-0.15, -0.1) is 0 Å². The van der Waals surface area contributed by atoms with Gasteiger partial charge in [-0.2, -0.15) is 22.0 Å². The van der Waals surface area contributed by atoms with Crippen molar-refractivity contribution in [1.82, 2.24) is 5.32 Å². The van der Waals surface area contributed by atoms with E-state index in [9.17, 15) is 26.7 Å². The van der Waals surface area contributed by atoms with Gasteiger partial charge < -0.3 is 11.1 Å². The highest BCUT2D eigenvalue weighted by Gasteiger charge is 2.57. The molecule has 0 aliphatic carbocycles. The van der Waals surface area contributed by atoms with E-state index in [-0.39, 0.29) is 12.1 Å². The summed E-state index contributed by atoms with van der Waals surface area (Å²) >= 11 is 0. The highest BCUT2D eigenvalue weighted by Crippen LogP contribution is 2.34. The third-order valence-corrected chi connectivity index (χ3v) is 2.34. The predicted octanol–water partition coefficient (Wildman–Crippen LogP) is 2.07. The third-order valence-electron chi connectivity index (χ3n) is 2.34. The van der Waals surface area contributed by atoms with Gasteiger partial charge in [0.2, 0.25) is 0 Å². The predicted molar refractivity (Wildman–Crippen MR) is 57.7 cm³/mol. The van der Waals surface area contributed by atoms with E-state index in [0.717, 1.165) is 0 Å². The van der Waals surface area contributed by atoms with Crippen LogP contribution >= 0.6 is 0 Å². The molecule has 0 heterocycles. The topological polar surface area (TPSA) is 55.1 Å². The fraction of sp³-hybridized carbons (Fsp3) is 0.364. The maximum absolute atomic E-state index is 12.6. The van der Waals surface area contributed by atoms with Crippen molar-refractivity contribution in [3.05, 3.63) is 35.4 Å². The van der Waals surface area contributed by atoms with Gasteiger partial charge in [0.25, 0.3) is 5.91 Å². The highest BCUT2D eigenvalue weighted by molar-refractivity contribution is 5.94. The van der Waals surface area contributed by atoms with Crippen LogP contribution in [0.1, 0.15) is 15.9 Å². The number of alkyl halides is 5. The number of halogens is 5. The van der Waals surface area contributed by atoms with Crippen LogP contribution in [-0.2, 0) is 6.54 Å². The summed E-state index contributed by atoms with van der Waals surface area (Å²) in [5.74, 6) is -5.97. The quantitative estimate of drug-likeness (QED) is 0.831. The number of hydrogen-bond donors (Lipinski definition) is 2. The lowest BCUT2D eigenvalue weighted by molar-refractivity contribution is -0.278. The molecule has 0 fully saturated rings. The van der Waals surface area contributed by atoms with Gasteiger partial charge in [0.15, 0.2) is 0 Å². The number of nitrogens with one attached hydrogen (secondary N) is 1. The molecule has 0 aromatic heterocycles. The molecular weight excluding hydrogens is 271 g/mol. The first-order valence-electron chi connectivity index (χ1n) is 5.19. The number of carbonyl (C=O) groups is 1. The molecule has 1 rings (SSSR count). The summed E-state index contributed by atoms with van der Waals surface area (Å²) in [5, 5.41) is 1.54. The average Bonchev–Trinajstić information content (AvgIpc) is 2.35. The Morgan fingerprint density at radius 1 is 1.11 bits per heavy atom. The number of hydrogen-bond acceptors (Lipinski definition) is 2. The van der Waals surface area contributed by atoms with E-state index in [4.69, 9.17) is 5.73 Å². The lowest BCUT2D eigenvalue weighted by Crippen LogP contribution is -2.46. The molecule has 106 valence electrons. The zero-order valence-electron chi connectivity index (χ0n) is 9.60. The maximum atomic E-state index is 12.6. The second kappa shape index (κ2) is 5.52. The van der Waals surface area contributed by atoms with E-state index in [0.29, 0.717) is 5.56 Å². The van der Waals surface area contributed by atoms with Crippen molar-refractivity contribution in [2.45, 2.75) is 18.6 Å². The SMILES string of the molecule is NCc1ccc(C(=O)NCC(F)(F)C(F)(F)F)cc1. The number of carbonyl (C=O) groups excluding carboxylic acids is 1. The Morgan fingerprint density at radius 2 is 1.63 bits per heavy atom. The largest absolute Gasteiger partial charge is 0.455 e. The van der Waals surface area contributed by atoms with Gasteiger partial charge in [0.1, 0.15) is 0 Å². The van der Waals surface area contributed by atoms with Crippen LogP contribution in [0.3, 0.4) is 0 Å². The monoisotopic (exact) mass is 282 g/mol. The Balaban J connectivity index is 2.65. The molecule has 3 nitrogen and oxygen atoms in total. The van der Waals surface area contributed by atoms with E-state index in [1.165, 1.54) is 24.3 Å². The van der Waals surface area contributed by atoms with E-state index >= 15 is 0 Å². The zero-order chi connectivity index (χ0) is 14.7. The van der Waals surface area contributed by atoms with Crippen molar-refractivity contribution in [3.63, 3.8) is 0 Å². The van der Waals surface area contributed by atoms with Gasteiger partial charge in [-0.25, -0.2) is 0 Å². The minimum atomic E-state index is -5.69. The third kappa shape index (κ3) is 3.88. The lowest BCUT2D eigenvalue weighted by Gasteiger charge is -2.19. The smallest absolute Gasteiger partial charge is 0.346 e. The van der Waals surface area contributed by atoms with Gasteiger partial charge in [0.05, 0.1) is 6.54 Å². The van der Waals surface area contributed by atoms with Crippen molar-refractivity contribution in [2.75, 3.05) is 6.54 Å². The number of benzene rings is 1. The standard InChI is InChI=1S/C11H11F5N2O/c12-10(13,11(14,15)16)6-18-9(19)8-3-1-7(5-17)2-4-8/h1-4H,5-6,17H2,(H,18,19). The molecule has 8 heteroatoms. The molecule has 1 aromatic rings. The normalized spacial score (nSPS) is 12.3. The summed E-state index contributed by atoms with van der Waals surface area (Å²) in [6.07, 6.45) is -5.69. The summed E-state index contributed by atoms with van der Waals surface area (Å²) in [4.78, 5) is 11.4. The molecule has 0 aliphatic heterocycles. The Labute approximate surface area is 105 Å². The van der Waals surface area contributed by atoms with Crippen LogP contribution in [0.25, 0.3) is 0 Å². The Kier molecular flexibility index (Phi) is 4.46. The molecule has 0 saturated heterocycles. The fourth-order valence-corrected chi connectivity index (χ4v) is 1.19. The second-order valence-corrected chi connectivity index (χ2v) is 3.79. The first kappa shape index (κ1) is 15.4. The van der Waals surface area contributed by atoms with Crippen molar-refractivity contribution < 1.29 is 26.7 Å². The van der Waals surface area contributed by atoms with Crippen LogP contribution in [0.15, 0.2) is 24.3 Å². The second-order valence-electron chi connectivity index (χ2n) is 3.79. The molecule has 1 aromatic carbocycles. The molecule has 0 unspecified atom stereocenters. The first-order valence-corrected chi connectivity index (χ1v) is 5.19. The van der Waals surface area contributed by atoms with Crippen LogP contribution in [-0.4, -0.2) is 24.6 Å². The molecule has 3 N–H and O–H groups in total. The van der Waals surface area contributed by atoms with E-state index in [1.807, 2.05) is 0 Å². The van der Waals surface area contributed by atoms with Gasteiger partial charge in [-0.1, -0.05) is 12.1 Å². The summed E-state index contributed by atoms with van der Waals surface area (Å²) < 4.78 is 60.7. The lowest BCUT2D eigenvalue weighted by atomic mass is 10.1. The summed E-state index contributed by atoms with van der Waals surface area (Å²) in [5.41, 5.74) is 6.00. The Morgan fingerprint density at radius 3 is 2.05 bits per heavy atom. The van der Waals surface area contributed by atoms with Crippen LogP contribution < -0.4 is 11.1 Å². The Hall–Kier alpha value is -1.70. The van der Waals surface area contributed by atoms with E-state index in [1.54, 1.807) is 5.32 Å². The van der Waals surface area contributed by atoms with Crippen LogP contribution in [0.5, 0.6) is 0 Å². The van der Waals surface area contributed by atoms with E-state index in [2.05, 4.69) is 0 Å². The zero-order valence-corrected chi connectivity index (χ0v) is 9.60. The average molecular weight is 282 g/mol. The molecule has 0 atom stereocenters. The number of nitrogens with two attached hydrogens (primary N) is 1. The van der Waals surface area contributed by atoms with Crippen molar-refractivity contribution in [3.8, 4) is 0 Å². The summed E-state index contributed by atoms with van der Waals surface area (Å²) in [6, 6.07) is 5.56. The van der Waals surface area contributed by atoms with Gasteiger partial charge >= 0.3 is 12.1 Å². The number of amides is 1. The van der Waals surface area contributed by atoms with E-state index < -0.39 is 24.6 Å². The minimum absolute atomic E-state index is 0.0184.